The summed E-state index contributed by atoms with van der Waals surface area (Å²) < 4.78 is 21.0. The van der Waals surface area contributed by atoms with Crippen molar-refractivity contribution in [3.05, 3.63) is 71.8 Å². The topological polar surface area (TPSA) is 107 Å². The number of rotatable bonds is 17. The van der Waals surface area contributed by atoms with E-state index in [-0.39, 0.29) is 18.5 Å². The maximum absolute atomic E-state index is 12.6. The number of carbonyl (C=O) groups excluding carboxylic acids is 2. The Kier molecular flexibility index (Phi) is 14.0. The van der Waals surface area contributed by atoms with Gasteiger partial charge in [-0.15, -0.1) is 0 Å². The van der Waals surface area contributed by atoms with Gasteiger partial charge in [0.15, 0.2) is 0 Å². The van der Waals surface area contributed by atoms with Gasteiger partial charge in [0.1, 0.15) is 24.0 Å². The standard InChI is InChI=1S/C40H63N7O5Si/c1-39(2,3)52-38(49)46-21-14-40(15-22-46)13-20-43(31-40)18-8-19-45-23-16-41-35(45)29-44(28-34-11-9-33(10-12-34)27-37(48)50-4)30-36-42-17-24-47(36)32-51-25-26-53(5,6)7/h9-12,16-17,23-24H,8,13-15,18-22,25-32H2,1-7H3. The van der Waals surface area contributed by atoms with Gasteiger partial charge in [0.2, 0.25) is 0 Å². The summed E-state index contributed by atoms with van der Waals surface area (Å²) in [5, 5.41) is 0. The first-order valence-electron chi connectivity index (χ1n) is 19.3. The molecule has 0 unspecified atom stereocenters. The maximum atomic E-state index is 12.6. The average Bonchev–Trinajstić information content (AvgIpc) is 3.84. The van der Waals surface area contributed by atoms with Gasteiger partial charge < -0.3 is 33.1 Å². The number of carbonyl (C=O) groups is 2. The molecule has 2 aliphatic rings. The van der Waals surface area contributed by atoms with Crippen LogP contribution in [0.5, 0.6) is 0 Å². The fourth-order valence-electron chi connectivity index (χ4n) is 7.25. The zero-order valence-corrected chi connectivity index (χ0v) is 34.3. The van der Waals surface area contributed by atoms with Gasteiger partial charge in [-0.3, -0.25) is 9.69 Å². The number of amides is 1. The van der Waals surface area contributed by atoms with Gasteiger partial charge in [-0.05, 0) is 82.1 Å². The van der Waals surface area contributed by atoms with Crippen molar-refractivity contribution in [1.29, 1.82) is 0 Å². The Labute approximate surface area is 317 Å². The third-order valence-corrected chi connectivity index (χ3v) is 12.1. The number of likely N-dealkylation sites (tertiary alicyclic amines) is 2. The highest BCUT2D eigenvalue weighted by Gasteiger charge is 2.41. The van der Waals surface area contributed by atoms with Crippen LogP contribution in [0.15, 0.2) is 49.1 Å². The predicted octanol–water partition coefficient (Wildman–Crippen LogP) is 6.42. The molecule has 4 heterocycles. The molecule has 0 saturated carbocycles. The number of imidazole rings is 2. The van der Waals surface area contributed by atoms with E-state index >= 15 is 0 Å². The summed E-state index contributed by atoms with van der Waals surface area (Å²) in [5.41, 5.74) is 1.93. The van der Waals surface area contributed by atoms with Gasteiger partial charge >= 0.3 is 12.1 Å². The molecule has 3 aromatic rings. The van der Waals surface area contributed by atoms with Crippen LogP contribution in [0.4, 0.5) is 4.79 Å². The average molecular weight is 750 g/mol. The SMILES string of the molecule is COC(=O)Cc1ccc(CN(Cc2nccn2CCCN2CCC3(CCN(C(=O)OC(C)(C)C)CC3)C2)Cc2nccn2COCC[Si](C)(C)C)cc1. The number of aryl methyl sites for hydroxylation is 1. The van der Waals surface area contributed by atoms with E-state index in [0.717, 1.165) is 94.0 Å². The van der Waals surface area contributed by atoms with Crippen molar-refractivity contribution >= 4 is 20.1 Å². The van der Waals surface area contributed by atoms with Gasteiger partial charge in [-0.1, -0.05) is 43.9 Å². The fraction of sp³-hybridized carbons (Fsp3) is 0.650. The lowest BCUT2D eigenvalue weighted by Crippen LogP contribution is -2.46. The van der Waals surface area contributed by atoms with Crippen LogP contribution in [0.1, 0.15) is 69.2 Å². The molecule has 12 nitrogen and oxygen atoms in total. The van der Waals surface area contributed by atoms with E-state index in [1.165, 1.54) is 13.5 Å². The van der Waals surface area contributed by atoms with Crippen LogP contribution in [-0.2, 0) is 58.3 Å². The monoisotopic (exact) mass is 749 g/mol. The summed E-state index contributed by atoms with van der Waals surface area (Å²) in [7, 11) is 0.248. The van der Waals surface area contributed by atoms with Crippen LogP contribution < -0.4 is 0 Å². The molecule has 0 N–H and O–H groups in total. The Morgan fingerprint density at radius 1 is 0.868 bits per heavy atom. The highest BCUT2D eigenvalue weighted by Crippen LogP contribution is 2.40. The van der Waals surface area contributed by atoms with E-state index in [1.807, 2.05) is 56.4 Å². The number of piperidine rings is 1. The van der Waals surface area contributed by atoms with Gasteiger partial charge in [0.05, 0.1) is 26.6 Å². The van der Waals surface area contributed by atoms with Gasteiger partial charge in [0.25, 0.3) is 0 Å². The molecule has 2 fully saturated rings. The van der Waals surface area contributed by atoms with Crippen LogP contribution in [0.3, 0.4) is 0 Å². The first-order valence-corrected chi connectivity index (χ1v) is 23.1. The highest BCUT2D eigenvalue weighted by molar-refractivity contribution is 6.76. The third kappa shape index (κ3) is 12.8. The van der Waals surface area contributed by atoms with Gasteiger partial charge in [-0.2, -0.15) is 0 Å². The Bertz CT molecular complexity index is 1600. The second kappa shape index (κ2) is 18.2. The Balaban J connectivity index is 1.17. The molecule has 13 heteroatoms. The first kappa shape index (κ1) is 40.7. The van der Waals surface area contributed by atoms with Crippen molar-refractivity contribution in [3.63, 3.8) is 0 Å². The van der Waals surface area contributed by atoms with Gasteiger partial charge in [-0.25, -0.2) is 14.8 Å². The summed E-state index contributed by atoms with van der Waals surface area (Å²) >= 11 is 0. The molecule has 0 radical (unpaired) electrons. The number of hydrogen-bond donors (Lipinski definition) is 0. The van der Waals surface area contributed by atoms with Crippen LogP contribution in [-0.4, -0.2) is 106 Å². The summed E-state index contributed by atoms with van der Waals surface area (Å²) in [5.74, 6) is 1.75. The Hall–Kier alpha value is -3.52. The third-order valence-electron chi connectivity index (χ3n) is 10.4. The molecular formula is C40H63N7O5Si. The van der Waals surface area contributed by atoms with Crippen LogP contribution in [0.25, 0.3) is 0 Å². The fourth-order valence-corrected chi connectivity index (χ4v) is 8.01. The van der Waals surface area contributed by atoms with Crippen molar-refractivity contribution in [2.45, 2.75) is 117 Å². The van der Waals surface area contributed by atoms with E-state index < -0.39 is 13.7 Å². The van der Waals surface area contributed by atoms with E-state index in [2.05, 4.69) is 56.9 Å². The summed E-state index contributed by atoms with van der Waals surface area (Å²) in [6.07, 6.45) is 12.3. The molecule has 53 heavy (non-hydrogen) atoms. The quantitative estimate of drug-likeness (QED) is 0.0878. The lowest BCUT2D eigenvalue weighted by Gasteiger charge is -2.39. The molecule has 2 aromatic heterocycles. The van der Waals surface area contributed by atoms with E-state index in [4.69, 9.17) is 24.2 Å². The van der Waals surface area contributed by atoms with Gasteiger partial charge in [0, 0.05) is 72.2 Å². The highest BCUT2D eigenvalue weighted by atomic mass is 28.3. The van der Waals surface area contributed by atoms with E-state index in [1.54, 1.807) is 0 Å². The molecule has 1 aromatic carbocycles. The zero-order valence-electron chi connectivity index (χ0n) is 33.3. The lowest BCUT2D eigenvalue weighted by molar-refractivity contribution is -0.139. The van der Waals surface area contributed by atoms with Crippen molar-refractivity contribution in [2.75, 3.05) is 46.4 Å². The number of nitrogens with zero attached hydrogens (tertiary/aromatic N) is 7. The van der Waals surface area contributed by atoms with E-state index in [9.17, 15) is 9.59 Å². The number of aromatic nitrogens is 4. The largest absolute Gasteiger partial charge is 0.469 e. The van der Waals surface area contributed by atoms with E-state index in [0.29, 0.717) is 31.8 Å². The summed E-state index contributed by atoms with van der Waals surface area (Å²) in [6.45, 7) is 21.9. The number of hydrogen-bond acceptors (Lipinski definition) is 9. The minimum absolute atomic E-state index is 0.183. The van der Waals surface area contributed by atoms with Crippen LogP contribution in [0.2, 0.25) is 25.7 Å². The number of benzene rings is 1. The first-order chi connectivity index (χ1) is 25.2. The minimum Gasteiger partial charge on any atom is -0.469 e. The molecule has 2 saturated heterocycles. The number of esters is 1. The molecule has 5 rings (SSSR count). The molecule has 2 aliphatic heterocycles. The summed E-state index contributed by atoms with van der Waals surface area (Å²) in [4.78, 5) is 40.8. The minimum atomic E-state index is -1.17. The number of ether oxygens (including phenoxy) is 3. The normalized spacial score (nSPS) is 16.5. The van der Waals surface area contributed by atoms with Crippen LogP contribution in [0, 0.1) is 5.41 Å². The Morgan fingerprint density at radius 2 is 1.49 bits per heavy atom. The molecule has 0 aliphatic carbocycles. The molecule has 1 spiro atoms. The summed E-state index contributed by atoms with van der Waals surface area (Å²) in [6, 6.07) is 9.32. The second-order valence-electron chi connectivity index (χ2n) is 17.3. The number of methoxy groups -OCH3 is 1. The molecular weight excluding hydrogens is 687 g/mol. The van der Waals surface area contributed by atoms with Crippen molar-refractivity contribution in [3.8, 4) is 0 Å². The molecule has 292 valence electrons. The molecule has 0 atom stereocenters. The second-order valence-corrected chi connectivity index (χ2v) is 22.9. The zero-order chi connectivity index (χ0) is 38.1. The van der Waals surface area contributed by atoms with Crippen molar-refractivity contribution < 1.29 is 23.8 Å². The van der Waals surface area contributed by atoms with Crippen molar-refractivity contribution in [2.24, 2.45) is 5.41 Å². The predicted molar refractivity (Wildman–Crippen MR) is 209 cm³/mol. The van der Waals surface area contributed by atoms with Crippen LogP contribution >= 0.6 is 0 Å². The Morgan fingerprint density at radius 3 is 2.13 bits per heavy atom. The molecule has 1 amide bonds. The molecule has 0 bridgehead atoms. The maximum Gasteiger partial charge on any atom is 0.410 e. The smallest absolute Gasteiger partial charge is 0.410 e. The van der Waals surface area contributed by atoms with Crippen molar-refractivity contribution in [1.82, 2.24) is 33.8 Å². The lowest BCUT2D eigenvalue weighted by atomic mass is 9.78.